The SMILES string of the molecule is CC(NC(=O)OC(C)(C)C)c1nc2ccc(F)cc2n1-c1ccn(C)n1. The van der Waals surface area contributed by atoms with Crippen LogP contribution in [-0.4, -0.2) is 31.0 Å². The molecule has 7 nitrogen and oxygen atoms in total. The van der Waals surface area contributed by atoms with Crippen LogP contribution in [0.4, 0.5) is 9.18 Å². The van der Waals surface area contributed by atoms with E-state index < -0.39 is 17.7 Å². The summed E-state index contributed by atoms with van der Waals surface area (Å²) in [7, 11) is 1.80. The smallest absolute Gasteiger partial charge is 0.408 e. The van der Waals surface area contributed by atoms with E-state index in [1.54, 1.807) is 62.3 Å². The number of halogens is 1. The maximum absolute atomic E-state index is 13.8. The van der Waals surface area contributed by atoms with Gasteiger partial charge < -0.3 is 10.1 Å². The zero-order chi connectivity index (χ0) is 19.1. The Morgan fingerprint density at radius 2 is 2.04 bits per heavy atom. The number of aryl methyl sites for hydroxylation is 1. The summed E-state index contributed by atoms with van der Waals surface area (Å²) in [6.45, 7) is 7.18. The highest BCUT2D eigenvalue weighted by Gasteiger charge is 2.23. The van der Waals surface area contributed by atoms with Crippen molar-refractivity contribution in [3.63, 3.8) is 0 Å². The quantitative estimate of drug-likeness (QED) is 0.777. The van der Waals surface area contributed by atoms with Crippen molar-refractivity contribution < 1.29 is 13.9 Å². The number of nitrogens with one attached hydrogen (secondary N) is 1. The van der Waals surface area contributed by atoms with Crippen LogP contribution in [0.5, 0.6) is 0 Å². The second-order valence-corrected chi connectivity index (χ2v) is 7.15. The number of carbonyl (C=O) groups excluding carboxylic acids is 1. The third-order valence-electron chi connectivity index (χ3n) is 3.69. The molecule has 2 heterocycles. The second kappa shape index (κ2) is 6.44. The van der Waals surface area contributed by atoms with E-state index in [0.29, 0.717) is 22.7 Å². The number of nitrogens with zero attached hydrogens (tertiary/aromatic N) is 4. The predicted molar refractivity (Wildman–Crippen MR) is 95.6 cm³/mol. The molecule has 1 unspecified atom stereocenters. The number of fused-ring (bicyclic) bond motifs is 1. The first-order chi connectivity index (χ1) is 12.1. The molecule has 2 aromatic heterocycles. The van der Waals surface area contributed by atoms with E-state index in [1.807, 2.05) is 0 Å². The summed E-state index contributed by atoms with van der Waals surface area (Å²) in [5, 5.41) is 7.16. The van der Waals surface area contributed by atoms with Crippen LogP contribution in [0.1, 0.15) is 39.6 Å². The molecular formula is C18H22FN5O2. The average Bonchev–Trinajstić information content (AvgIpc) is 3.08. The highest BCUT2D eigenvalue weighted by molar-refractivity contribution is 5.78. The van der Waals surface area contributed by atoms with Crippen molar-refractivity contribution in [2.24, 2.45) is 7.05 Å². The molecule has 0 aliphatic rings. The van der Waals surface area contributed by atoms with E-state index in [1.165, 1.54) is 12.1 Å². The molecule has 3 rings (SSSR count). The number of rotatable bonds is 3. The van der Waals surface area contributed by atoms with Gasteiger partial charge in [0.05, 0.1) is 17.1 Å². The van der Waals surface area contributed by atoms with E-state index in [4.69, 9.17) is 4.74 Å². The fourth-order valence-electron chi connectivity index (χ4n) is 2.67. The van der Waals surface area contributed by atoms with E-state index >= 15 is 0 Å². The van der Waals surface area contributed by atoms with Crippen molar-refractivity contribution in [3.05, 3.63) is 42.1 Å². The summed E-state index contributed by atoms with van der Waals surface area (Å²) in [5.41, 5.74) is 0.593. The number of hydrogen-bond acceptors (Lipinski definition) is 4. The van der Waals surface area contributed by atoms with Crippen LogP contribution in [0, 0.1) is 5.82 Å². The Kier molecular flexibility index (Phi) is 4.43. The van der Waals surface area contributed by atoms with Crippen molar-refractivity contribution in [3.8, 4) is 5.82 Å². The Balaban J connectivity index is 2.03. The molecule has 0 fully saturated rings. The maximum atomic E-state index is 13.8. The highest BCUT2D eigenvalue weighted by Crippen LogP contribution is 2.25. The molecule has 0 bridgehead atoms. The van der Waals surface area contributed by atoms with E-state index in [2.05, 4.69) is 15.4 Å². The van der Waals surface area contributed by atoms with E-state index in [9.17, 15) is 9.18 Å². The van der Waals surface area contributed by atoms with Gasteiger partial charge in [0.2, 0.25) is 0 Å². The van der Waals surface area contributed by atoms with Crippen molar-refractivity contribution in [1.82, 2.24) is 24.6 Å². The number of aromatic nitrogens is 4. The topological polar surface area (TPSA) is 74.0 Å². The highest BCUT2D eigenvalue weighted by atomic mass is 19.1. The maximum Gasteiger partial charge on any atom is 0.408 e. The van der Waals surface area contributed by atoms with Gasteiger partial charge in [-0.1, -0.05) is 0 Å². The minimum Gasteiger partial charge on any atom is -0.444 e. The monoisotopic (exact) mass is 359 g/mol. The Morgan fingerprint density at radius 1 is 1.31 bits per heavy atom. The number of amides is 1. The zero-order valence-electron chi connectivity index (χ0n) is 15.4. The van der Waals surface area contributed by atoms with Gasteiger partial charge in [0, 0.05) is 25.4 Å². The molecule has 0 spiro atoms. The first-order valence-electron chi connectivity index (χ1n) is 8.31. The number of ether oxygens (including phenoxy) is 1. The lowest BCUT2D eigenvalue weighted by atomic mass is 10.2. The molecule has 1 amide bonds. The average molecular weight is 359 g/mol. The van der Waals surface area contributed by atoms with Crippen molar-refractivity contribution >= 4 is 17.1 Å². The Hall–Kier alpha value is -2.90. The summed E-state index contributed by atoms with van der Waals surface area (Å²) >= 11 is 0. The summed E-state index contributed by atoms with van der Waals surface area (Å²) in [6.07, 6.45) is 1.24. The van der Waals surface area contributed by atoms with Crippen LogP contribution in [0.2, 0.25) is 0 Å². The summed E-state index contributed by atoms with van der Waals surface area (Å²) in [5.74, 6) is 0.762. The first kappa shape index (κ1) is 17.9. The summed E-state index contributed by atoms with van der Waals surface area (Å²) in [4.78, 5) is 16.7. The number of imidazole rings is 1. The molecule has 3 aromatic rings. The van der Waals surface area contributed by atoms with Gasteiger partial charge in [-0.3, -0.25) is 9.25 Å². The Labute approximate surface area is 150 Å². The van der Waals surface area contributed by atoms with Crippen molar-refractivity contribution in [2.45, 2.75) is 39.3 Å². The Bertz CT molecular complexity index is 954. The lowest BCUT2D eigenvalue weighted by molar-refractivity contribution is 0.0505. The number of hydrogen-bond donors (Lipinski definition) is 1. The molecule has 1 N–H and O–H groups in total. The third kappa shape index (κ3) is 3.68. The molecule has 138 valence electrons. The van der Waals surface area contributed by atoms with Gasteiger partial charge in [-0.2, -0.15) is 5.10 Å². The van der Waals surface area contributed by atoms with Gasteiger partial charge in [0.25, 0.3) is 0 Å². The number of carbonyl (C=O) groups is 1. The van der Waals surface area contributed by atoms with Gasteiger partial charge in [0.15, 0.2) is 5.82 Å². The van der Waals surface area contributed by atoms with Crippen LogP contribution in [-0.2, 0) is 11.8 Å². The molecule has 0 saturated heterocycles. The lowest BCUT2D eigenvalue weighted by Gasteiger charge is -2.22. The number of benzene rings is 1. The molecule has 0 aliphatic heterocycles. The molecule has 8 heteroatoms. The van der Waals surface area contributed by atoms with Gasteiger partial charge >= 0.3 is 6.09 Å². The van der Waals surface area contributed by atoms with Gasteiger partial charge in [0.1, 0.15) is 17.2 Å². The normalized spacial score (nSPS) is 13.0. The molecular weight excluding hydrogens is 337 g/mol. The zero-order valence-corrected chi connectivity index (χ0v) is 15.4. The molecule has 0 radical (unpaired) electrons. The molecule has 0 aliphatic carbocycles. The molecule has 1 atom stereocenters. The lowest BCUT2D eigenvalue weighted by Crippen LogP contribution is -2.34. The number of alkyl carbamates (subject to hydrolysis) is 1. The first-order valence-corrected chi connectivity index (χ1v) is 8.31. The van der Waals surface area contributed by atoms with Gasteiger partial charge in [-0.05, 0) is 39.8 Å². The standard InChI is InChI=1S/C18H22FN5O2/c1-11(20-17(25)26-18(2,3)4)16-21-13-7-6-12(19)10-14(13)24(16)15-8-9-23(5)22-15/h6-11H,1-5H3,(H,20,25). The largest absolute Gasteiger partial charge is 0.444 e. The van der Waals surface area contributed by atoms with E-state index in [0.717, 1.165) is 0 Å². The van der Waals surface area contributed by atoms with Crippen LogP contribution in [0.25, 0.3) is 16.9 Å². The summed E-state index contributed by atoms with van der Waals surface area (Å²) in [6, 6.07) is 5.69. The minimum atomic E-state index is -0.603. The van der Waals surface area contributed by atoms with Crippen LogP contribution in [0.15, 0.2) is 30.5 Å². The minimum absolute atomic E-state index is 0.367. The van der Waals surface area contributed by atoms with Crippen molar-refractivity contribution in [2.75, 3.05) is 0 Å². The third-order valence-corrected chi connectivity index (χ3v) is 3.69. The molecule has 1 aromatic carbocycles. The Morgan fingerprint density at radius 3 is 2.65 bits per heavy atom. The van der Waals surface area contributed by atoms with Gasteiger partial charge in [-0.15, -0.1) is 0 Å². The summed E-state index contributed by atoms with van der Waals surface area (Å²) < 4.78 is 22.5. The second-order valence-electron chi connectivity index (χ2n) is 7.15. The fraction of sp³-hybridized carbons (Fsp3) is 0.389. The van der Waals surface area contributed by atoms with Crippen LogP contribution < -0.4 is 5.32 Å². The van der Waals surface area contributed by atoms with Crippen LogP contribution in [0.3, 0.4) is 0 Å². The van der Waals surface area contributed by atoms with Crippen molar-refractivity contribution in [1.29, 1.82) is 0 Å². The fourth-order valence-corrected chi connectivity index (χ4v) is 2.67. The molecule has 0 saturated carbocycles. The molecule has 26 heavy (non-hydrogen) atoms. The predicted octanol–water partition coefficient (Wildman–Crippen LogP) is 3.48. The van der Waals surface area contributed by atoms with Crippen LogP contribution >= 0.6 is 0 Å². The van der Waals surface area contributed by atoms with Gasteiger partial charge in [-0.25, -0.2) is 14.2 Å². The van der Waals surface area contributed by atoms with E-state index in [-0.39, 0.29) is 5.82 Å².